The van der Waals surface area contributed by atoms with Gasteiger partial charge in [0.15, 0.2) is 4.96 Å². The van der Waals surface area contributed by atoms with Crippen LogP contribution in [0.5, 0.6) is 5.75 Å². The van der Waals surface area contributed by atoms with E-state index < -0.39 is 0 Å². The van der Waals surface area contributed by atoms with Crippen LogP contribution in [-0.2, 0) is 17.8 Å². The Hall–Kier alpha value is -2.54. The second-order valence-electron chi connectivity index (χ2n) is 5.99. The van der Waals surface area contributed by atoms with Crippen molar-refractivity contribution in [3.05, 3.63) is 62.8 Å². The Balaban J connectivity index is 1.63. The summed E-state index contributed by atoms with van der Waals surface area (Å²) in [6.45, 7) is 0.137. The Bertz CT molecular complexity index is 994. The van der Waals surface area contributed by atoms with Gasteiger partial charge in [0.05, 0.1) is 5.69 Å². The lowest BCUT2D eigenvalue weighted by molar-refractivity contribution is -0.108. The molecule has 5 nitrogen and oxygen atoms in total. The summed E-state index contributed by atoms with van der Waals surface area (Å²) in [6, 6.07) is 7.16. The largest absolute Gasteiger partial charge is 0.487 e. The molecule has 0 bridgehead atoms. The number of nitrogens with zero attached hydrogens (tertiary/aromatic N) is 2. The molecule has 2 aromatic heterocycles. The number of benzene rings is 1. The predicted molar refractivity (Wildman–Crippen MR) is 91.8 cm³/mol. The maximum Gasteiger partial charge on any atom is 0.259 e. The zero-order valence-corrected chi connectivity index (χ0v) is 14.1. The van der Waals surface area contributed by atoms with Crippen LogP contribution in [0.25, 0.3) is 4.96 Å². The number of aldehydes is 1. The predicted octanol–water partition coefficient (Wildman–Crippen LogP) is 3.09. The van der Waals surface area contributed by atoms with Crippen LogP contribution in [0.3, 0.4) is 0 Å². The van der Waals surface area contributed by atoms with Gasteiger partial charge in [-0.05, 0) is 37.1 Å². The van der Waals surface area contributed by atoms with Gasteiger partial charge < -0.3 is 9.53 Å². The van der Waals surface area contributed by atoms with E-state index in [2.05, 4.69) is 4.98 Å². The van der Waals surface area contributed by atoms with E-state index >= 15 is 0 Å². The van der Waals surface area contributed by atoms with Crippen molar-refractivity contribution in [2.45, 2.75) is 31.8 Å². The third kappa shape index (κ3) is 2.95. The lowest BCUT2D eigenvalue weighted by Gasteiger charge is -2.09. The van der Waals surface area contributed by atoms with Gasteiger partial charge >= 0.3 is 0 Å². The van der Waals surface area contributed by atoms with Gasteiger partial charge in [-0.2, -0.15) is 0 Å². The van der Waals surface area contributed by atoms with Crippen LogP contribution >= 0.6 is 11.3 Å². The van der Waals surface area contributed by atoms with Crippen molar-refractivity contribution < 1.29 is 13.9 Å². The van der Waals surface area contributed by atoms with Crippen LogP contribution in [0, 0.1) is 5.82 Å². The van der Waals surface area contributed by atoms with Crippen LogP contribution in [0.15, 0.2) is 35.1 Å². The van der Waals surface area contributed by atoms with Gasteiger partial charge in [-0.1, -0.05) is 0 Å². The molecule has 4 rings (SSSR count). The summed E-state index contributed by atoms with van der Waals surface area (Å²) in [5, 5.41) is 0. The molecule has 0 amide bonds. The number of halogens is 1. The average Bonchev–Trinajstić information content (AvgIpc) is 3.14. The normalized spacial score (nSPS) is 16.1. The summed E-state index contributed by atoms with van der Waals surface area (Å²) in [4.78, 5) is 29.7. The fraction of sp³-hybridized carbons (Fsp3) is 0.278. The molecule has 1 aliphatic carbocycles. The van der Waals surface area contributed by atoms with Crippen molar-refractivity contribution in [1.82, 2.24) is 9.38 Å². The monoisotopic (exact) mass is 358 g/mol. The molecular weight excluding hydrogens is 343 g/mol. The molecule has 0 fully saturated rings. The van der Waals surface area contributed by atoms with E-state index in [4.69, 9.17) is 4.74 Å². The van der Waals surface area contributed by atoms with Gasteiger partial charge in [0, 0.05) is 29.0 Å². The SMILES string of the molecule is O=CCC1CCc2sc3nc(COc4ccc(F)cc4)cc(=O)n3c21. The molecule has 0 aliphatic heterocycles. The molecule has 0 saturated carbocycles. The Morgan fingerprint density at radius 1 is 1.36 bits per heavy atom. The fourth-order valence-corrected chi connectivity index (χ4v) is 4.47. The first-order valence-electron chi connectivity index (χ1n) is 8.02. The van der Waals surface area contributed by atoms with Crippen LogP contribution in [-0.4, -0.2) is 15.7 Å². The molecule has 0 N–H and O–H groups in total. The molecule has 1 unspecified atom stereocenters. The quantitative estimate of drug-likeness (QED) is 0.658. The standard InChI is InChI=1S/C18H15FN2O3S/c19-12-2-4-14(5-3-12)24-10-13-9-16(23)21-17-11(7-8-22)1-6-15(17)25-18(21)20-13/h2-5,8-9,11H,1,6-7,10H2. The van der Waals surface area contributed by atoms with E-state index in [9.17, 15) is 14.0 Å². The summed E-state index contributed by atoms with van der Waals surface area (Å²) in [5.41, 5.74) is 1.31. The van der Waals surface area contributed by atoms with Gasteiger partial charge in [-0.25, -0.2) is 9.37 Å². The number of aryl methyl sites for hydroxylation is 1. The van der Waals surface area contributed by atoms with Crippen molar-refractivity contribution in [2.75, 3.05) is 0 Å². The molecule has 128 valence electrons. The highest BCUT2D eigenvalue weighted by atomic mass is 32.1. The highest BCUT2D eigenvalue weighted by molar-refractivity contribution is 7.17. The summed E-state index contributed by atoms with van der Waals surface area (Å²) < 4.78 is 20.1. The van der Waals surface area contributed by atoms with E-state index in [0.717, 1.165) is 29.7 Å². The second-order valence-corrected chi connectivity index (χ2v) is 7.06. The van der Waals surface area contributed by atoms with Crippen molar-refractivity contribution in [2.24, 2.45) is 0 Å². The molecule has 0 saturated heterocycles. The van der Waals surface area contributed by atoms with Gasteiger partial charge in [0.2, 0.25) is 0 Å². The molecule has 1 aromatic carbocycles. The molecule has 0 spiro atoms. The molecule has 1 aliphatic rings. The maximum atomic E-state index is 12.9. The van der Waals surface area contributed by atoms with Crippen LogP contribution in [0.2, 0.25) is 0 Å². The first kappa shape index (κ1) is 16.0. The molecular formula is C18H15FN2O3S. The fourth-order valence-electron chi connectivity index (χ4n) is 3.22. The lowest BCUT2D eigenvalue weighted by atomic mass is 10.0. The Morgan fingerprint density at radius 3 is 2.92 bits per heavy atom. The number of ether oxygens (including phenoxy) is 1. The topological polar surface area (TPSA) is 60.7 Å². The van der Waals surface area contributed by atoms with Crippen LogP contribution in [0.4, 0.5) is 4.39 Å². The first-order valence-corrected chi connectivity index (χ1v) is 8.83. The number of hydrogen-bond acceptors (Lipinski definition) is 5. The highest BCUT2D eigenvalue weighted by Gasteiger charge is 2.28. The summed E-state index contributed by atoms with van der Waals surface area (Å²) in [6.07, 6.45) is 3.12. The van der Waals surface area contributed by atoms with Gasteiger partial charge in [0.1, 0.15) is 24.5 Å². The third-order valence-corrected chi connectivity index (χ3v) is 5.49. The number of thiazole rings is 1. The smallest absolute Gasteiger partial charge is 0.259 e. The molecule has 25 heavy (non-hydrogen) atoms. The molecule has 1 atom stereocenters. The lowest BCUT2D eigenvalue weighted by Crippen LogP contribution is -2.18. The molecule has 3 aromatic rings. The van der Waals surface area contributed by atoms with Gasteiger partial charge in [-0.3, -0.25) is 9.20 Å². The Morgan fingerprint density at radius 2 is 2.16 bits per heavy atom. The molecule has 7 heteroatoms. The summed E-state index contributed by atoms with van der Waals surface area (Å²) >= 11 is 1.50. The van der Waals surface area contributed by atoms with E-state index in [0.29, 0.717) is 22.8 Å². The third-order valence-electron chi connectivity index (χ3n) is 4.37. The number of hydrogen-bond donors (Lipinski definition) is 0. The van der Waals surface area contributed by atoms with Crippen LogP contribution in [0.1, 0.15) is 35.0 Å². The van der Waals surface area contributed by atoms with Crippen molar-refractivity contribution in [1.29, 1.82) is 0 Å². The van der Waals surface area contributed by atoms with Gasteiger partial charge in [-0.15, -0.1) is 11.3 Å². The summed E-state index contributed by atoms with van der Waals surface area (Å²) in [7, 11) is 0. The minimum atomic E-state index is -0.330. The first-order chi connectivity index (χ1) is 12.2. The molecule has 2 heterocycles. The van der Waals surface area contributed by atoms with Gasteiger partial charge in [0.25, 0.3) is 5.56 Å². The zero-order chi connectivity index (χ0) is 17.4. The number of rotatable bonds is 5. The summed E-state index contributed by atoms with van der Waals surface area (Å²) in [5.74, 6) is 0.285. The van der Waals surface area contributed by atoms with Crippen molar-refractivity contribution >= 4 is 22.6 Å². The molecule has 0 radical (unpaired) electrons. The van der Waals surface area contributed by atoms with E-state index in [1.165, 1.54) is 41.7 Å². The minimum Gasteiger partial charge on any atom is -0.487 e. The van der Waals surface area contributed by atoms with E-state index in [1.807, 2.05) is 0 Å². The zero-order valence-electron chi connectivity index (χ0n) is 13.3. The number of carbonyl (C=O) groups is 1. The number of aromatic nitrogens is 2. The minimum absolute atomic E-state index is 0.0991. The van der Waals surface area contributed by atoms with E-state index in [-0.39, 0.29) is 23.9 Å². The highest BCUT2D eigenvalue weighted by Crippen LogP contribution is 2.39. The number of fused-ring (bicyclic) bond motifs is 3. The average molecular weight is 358 g/mol. The number of carbonyl (C=O) groups excluding carboxylic acids is 1. The van der Waals surface area contributed by atoms with Crippen molar-refractivity contribution in [3.8, 4) is 5.75 Å². The van der Waals surface area contributed by atoms with E-state index in [1.54, 1.807) is 4.40 Å². The Kier molecular flexibility index (Phi) is 4.09. The van der Waals surface area contributed by atoms with Crippen LogP contribution < -0.4 is 10.3 Å². The second kappa shape index (κ2) is 6.40. The Labute approximate surface area is 146 Å². The van der Waals surface area contributed by atoms with Crippen molar-refractivity contribution in [3.63, 3.8) is 0 Å². The maximum absolute atomic E-state index is 12.9.